The first-order chi connectivity index (χ1) is 19.2. The molecule has 0 saturated carbocycles. The second-order valence-corrected chi connectivity index (χ2v) is 11.6. The molecule has 3 aromatic rings. The molecule has 2 saturated heterocycles. The van der Waals surface area contributed by atoms with Crippen LogP contribution < -0.4 is 9.77 Å². The molecular weight excluding hydrogens is 569 g/mol. The molecule has 0 N–H and O–H groups in total. The molecule has 3 aliphatic heterocycles. The summed E-state index contributed by atoms with van der Waals surface area (Å²) >= 11 is 1.82. The van der Waals surface area contributed by atoms with Crippen molar-refractivity contribution in [3.05, 3.63) is 74.5 Å². The molecule has 2 aromatic heterocycles. The van der Waals surface area contributed by atoms with Crippen LogP contribution in [0.15, 0.2) is 58.6 Å². The van der Waals surface area contributed by atoms with Crippen LogP contribution in [0.3, 0.4) is 0 Å². The number of amides is 3. The Morgan fingerprint density at radius 1 is 1.05 bits per heavy atom. The van der Waals surface area contributed by atoms with E-state index >= 15 is 0 Å². The quantitative estimate of drug-likeness (QED) is 0.431. The predicted molar refractivity (Wildman–Crippen MR) is 139 cm³/mol. The van der Waals surface area contributed by atoms with Crippen LogP contribution in [-0.2, 0) is 31.8 Å². The molecule has 1 aromatic carbocycles. The minimum absolute atomic E-state index is 0.266. The molecule has 3 aliphatic rings. The molecule has 0 spiro atoms. The Hall–Kier alpha value is -3.49. The van der Waals surface area contributed by atoms with Crippen molar-refractivity contribution in [3.8, 4) is 0 Å². The van der Waals surface area contributed by atoms with Crippen LogP contribution in [0.25, 0.3) is 0 Å². The monoisotopic (exact) mass is 590 g/mol. The highest BCUT2D eigenvalue weighted by molar-refractivity contribution is 8.00. The smallest absolute Gasteiger partial charge is 0.378 e. The Balaban J connectivity index is 1.44. The number of hydrogen-bond donors (Lipinski definition) is 0. The van der Waals surface area contributed by atoms with Gasteiger partial charge in [0.1, 0.15) is 11.8 Å². The number of morpholine rings is 1. The number of thiazole rings is 1. The summed E-state index contributed by atoms with van der Waals surface area (Å²) in [5.41, 5.74) is -1.09. The van der Waals surface area contributed by atoms with Crippen molar-refractivity contribution in [1.29, 1.82) is 0 Å². The average Bonchev–Trinajstić information content (AvgIpc) is 3.39. The van der Waals surface area contributed by atoms with E-state index in [0.29, 0.717) is 46.7 Å². The van der Waals surface area contributed by atoms with E-state index in [4.69, 9.17) is 4.74 Å². The number of pyridine rings is 1. The second kappa shape index (κ2) is 10.2. The fourth-order valence-electron chi connectivity index (χ4n) is 5.37. The summed E-state index contributed by atoms with van der Waals surface area (Å²) in [6, 6.07) is 7.81. The number of halogens is 3. The van der Waals surface area contributed by atoms with Gasteiger partial charge in [-0.15, -0.1) is 0 Å². The number of ether oxygens (including phenoxy) is 1. The molecule has 208 valence electrons. The van der Waals surface area contributed by atoms with Crippen LogP contribution in [0.2, 0.25) is 0 Å². The lowest BCUT2D eigenvalue weighted by Crippen LogP contribution is -2.43. The van der Waals surface area contributed by atoms with Gasteiger partial charge in [-0.25, -0.2) is 4.90 Å². The van der Waals surface area contributed by atoms with Gasteiger partial charge in [-0.1, -0.05) is 41.3 Å². The summed E-state index contributed by atoms with van der Waals surface area (Å²) in [4.78, 5) is 60.2. The number of nitrogens with zero attached hydrogens (tertiary/aromatic N) is 4. The van der Waals surface area contributed by atoms with Gasteiger partial charge in [-0.3, -0.25) is 28.7 Å². The lowest BCUT2D eigenvalue weighted by Gasteiger charge is -2.31. The maximum Gasteiger partial charge on any atom is 0.418 e. The van der Waals surface area contributed by atoms with Crippen molar-refractivity contribution in [2.45, 2.75) is 28.9 Å². The van der Waals surface area contributed by atoms with Gasteiger partial charge in [-0.2, -0.15) is 13.2 Å². The molecule has 0 bridgehead atoms. The number of alkyl halides is 3. The summed E-state index contributed by atoms with van der Waals surface area (Å²) in [7, 11) is 0. The van der Waals surface area contributed by atoms with Gasteiger partial charge in [0.25, 0.3) is 0 Å². The lowest BCUT2D eigenvalue weighted by atomic mass is 9.84. The van der Waals surface area contributed by atoms with Gasteiger partial charge in [0.05, 0.1) is 35.4 Å². The van der Waals surface area contributed by atoms with E-state index in [1.54, 1.807) is 17.0 Å². The molecule has 3 amide bonds. The van der Waals surface area contributed by atoms with Gasteiger partial charge in [0.15, 0.2) is 0 Å². The standard InChI is InChI=1S/C26H21F3N4O5S2/c27-26(28,29)15-5-1-2-6-16(15)33-22(35)19-18(14-4-3-7-30-12-14)21-24(39-20(19)23(33)36)32(25(37)40-21)13-17(34)31-8-10-38-11-9-31/h1-7,12,18-20H,8-11,13H2/t18-,19?,20?/m1/s1. The first-order valence-corrected chi connectivity index (χ1v) is 14.1. The number of anilines is 1. The number of imide groups is 1. The Bertz CT molecular complexity index is 1550. The third-order valence-electron chi connectivity index (χ3n) is 7.20. The second-order valence-electron chi connectivity index (χ2n) is 9.47. The number of hydrogen-bond acceptors (Lipinski definition) is 8. The summed E-state index contributed by atoms with van der Waals surface area (Å²) in [6.45, 7) is 1.27. The number of thioether (sulfide) groups is 1. The van der Waals surface area contributed by atoms with E-state index in [1.807, 2.05) is 0 Å². The van der Waals surface area contributed by atoms with Crippen LogP contribution in [0.1, 0.15) is 21.9 Å². The van der Waals surface area contributed by atoms with Crippen molar-refractivity contribution in [2.75, 3.05) is 31.2 Å². The van der Waals surface area contributed by atoms with Crippen molar-refractivity contribution >= 4 is 46.5 Å². The van der Waals surface area contributed by atoms with Crippen LogP contribution in [0, 0.1) is 5.92 Å². The number of carbonyl (C=O) groups excluding carboxylic acids is 3. The summed E-state index contributed by atoms with van der Waals surface area (Å²) in [5.74, 6) is -3.76. The molecule has 9 nitrogen and oxygen atoms in total. The Labute approximate surface area is 233 Å². The van der Waals surface area contributed by atoms with Gasteiger partial charge in [0, 0.05) is 36.3 Å². The van der Waals surface area contributed by atoms with Gasteiger partial charge in [0.2, 0.25) is 17.7 Å². The third-order valence-corrected chi connectivity index (χ3v) is 9.80. The zero-order chi connectivity index (χ0) is 28.2. The van der Waals surface area contributed by atoms with E-state index < -0.39 is 51.2 Å². The molecule has 5 heterocycles. The number of aromatic nitrogens is 2. The topological polar surface area (TPSA) is 102 Å². The molecular formula is C26H21F3N4O5S2. The molecule has 14 heteroatoms. The summed E-state index contributed by atoms with van der Waals surface area (Å²) < 4.78 is 48.2. The first kappa shape index (κ1) is 26.7. The van der Waals surface area contributed by atoms with Crippen molar-refractivity contribution < 1.29 is 32.3 Å². The molecule has 40 heavy (non-hydrogen) atoms. The minimum Gasteiger partial charge on any atom is -0.378 e. The maximum absolute atomic E-state index is 13.9. The van der Waals surface area contributed by atoms with Gasteiger partial charge < -0.3 is 9.64 Å². The van der Waals surface area contributed by atoms with E-state index in [2.05, 4.69) is 4.98 Å². The summed E-state index contributed by atoms with van der Waals surface area (Å²) in [5, 5.41) is -0.746. The Kier molecular flexibility index (Phi) is 6.79. The SMILES string of the molecule is O=C(Cn1c2c(sc1=O)[C@H](c1cccnc1)C1C(=O)N(c3ccccc3C(F)(F)F)C(=O)C1S2)N1CCOCC1. The fourth-order valence-corrected chi connectivity index (χ4v) is 8.14. The average molecular weight is 591 g/mol. The highest BCUT2D eigenvalue weighted by Gasteiger charge is 2.57. The molecule has 0 radical (unpaired) electrons. The minimum atomic E-state index is -4.79. The first-order valence-electron chi connectivity index (χ1n) is 12.4. The zero-order valence-corrected chi connectivity index (χ0v) is 22.3. The van der Waals surface area contributed by atoms with Crippen molar-refractivity contribution in [1.82, 2.24) is 14.5 Å². The zero-order valence-electron chi connectivity index (χ0n) is 20.7. The van der Waals surface area contributed by atoms with Crippen molar-refractivity contribution in [2.24, 2.45) is 5.92 Å². The summed E-state index contributed by atoms with van der Waals surface area (Å²) in [6.07, 6.45) is -1.75. The van der Waals surface area contributed by atoms with Crippen LogP contribution in [0.5, 0.6) is 0 Å². The number of rotatable bonds is 4. The van der Waals surface area contributed by atoms with E-state index in [-0.39, 0.29) is 12.5 Å². The van der Waals surface area contributed by atoms with Gasteiger partial charge >= 0.3 is 11.0 Å². The molecule has 3 atom stereocenters. The van der Waals surface area contributed by atoms with Crippen LogP contribution in [-0.4, -0.2) is 63.7 Å². The predicted octanol–water partition coefficient (Wildman–Crippen LogP) is 2.98. The van der Waals surface area contributed by atoms with E-state index in [0.717, 1.165) is 35.2 Å². The molecule has 2 fully saturated rings. The number of fused-ring (bicyclic) bond motifs is 2. The Morgan fingerprint density at radius 2 is 1.80 bits per heavy atom. The number of para-hydroxylation sites is 1. The number of carbonyl (C=O) groups is 3. The largest absolute Gasteiger partial charge is 0.418 e. The molecule has 2 unspecified atom stereocenters. The van der Waals surface area contributed by atoms with Gasteiger partial charge in [-0.05, 0) is 23.8 Å². The van der Waals surface area contributed by atoms with Crippen LogP contribution >= 0.6 is 23.1 Å². The highest BCUT2D eigenvalue weighted by atomic mass is 32.2. The molecule has 6 rings (SSSR count). The fraction of sp³-hybridized carbons (Fsp3) is 0.346. The number of benzene rings is 1. The van der Waals surface area contributed by atoms with Crippen LogP contribution in [0.4, 0.5) is 18.9 Å². The van der Waals surface area contributed by atoms with E-state index in [1.165, 1.54) is 29.1 Å². The Morgan fingerprint density at radius 3 is 2.50 bits per heavy atom. The lowest BCUT2D eigenvalue weighted by molar-refractivity contribution is -0.137. The molecule has 0 aliphatic carbocycles. The third kappa shape index (κ3) is 4.43. The normalized spacial score (nSPS) is 22.8. The highest BCUT2D eigenvalue weighted by Crippen LogP contribution is 2.54. The van der Waals surface area contributed by atoms with E-state index in [9.17, 15) is 32.3 Å². The maximum atomic E-state index is 13.9. The van der Waals surface area contributed by atoms with Crippen molar-refractivity contribution in [3.63, 3.8) is 0 Å².